The van der Waals surface area contributed by atoms with Crippen LogP contribution in [0.2, 0.25) is 0 Å². The molecule has 1 saturated heterocycles. The second kappa shape index (κ2) is 10.2. The minimum atomic E-state index is -5.02. The van der Waals surface area contributed by atoms with E-state index in [1.165, 1.54) is 6.07 Å². The lowest BCUT2D eigenvalue weighted by molar-refractivity contribution is -0.143. The SMILES string of the molecule is CN1CCN(c2ccc(-c3cccc(NC(=O)Nc4cc(C(F)(F)F)cc(C(F)(F)F)c4)c3)nn2)CC1. The van der Waals surface area contributed by atoms with Gasteiger partial charge in [-0.15, -0.1) is 10.2 Å². The van der Waals surface area contributed by atoms with Crippen molar-refractivity contribution in [3.05, 3.63) is 65.7 Å². The van der Waals surface area contributed by atoms with E-state index in [0.29, 0.717) is 23.4 Å². The molecule has 13 heteroatoms. The minimum Gasteiger partial charge on any atom is -0.353 e. The van der Waals surface area contributed by atoms with E-state index >= 15 is 0 Å². The van der Waals surface area contributed by atoms with Crippen LogP contribution >= 0.6 is 0 Å². The summed E-state index contributed by atoms with van der Waals surface area (Å²) in [4.78, 5) is 16.7. The molecule has 7 nitrogen and oxygen atoms in total. The molecule has 2 heterocycles. The summed E-state index contributed by atoms with van der Waals surface area (Å²) in [5.74, 6) is 0.741. The van der Waals surface area contributed by atoms with Crippen LogP contribution in [0, 0.1) is 0 Å². The highest BCUT2D eigenvalue weighted by molar-refractivity contribution is 6.00. The molecule has 0 bridgehead atoms. The highest BCUT2D eigenvalue weighted by Crippen LogP contribution is 2.37. The van der Waals surface area contributed by atoms with E-state index in [-0.39, 0.29) is 11.8 Å². The Labute approximate surface area is 208 Å². The molecule has 1 fully saturated rings. The fourth-order valence-electron chi connectivity index (χ4n) is 3.76. The van der Waals surface area contributed by atoms with Gasteiger partial charge < -0.3 is 20.4 Å². The van der Waals surface area contributed by atoms with E-state index in [9.17, 15) is 31.1 Å². The Morgan fingerprint density at radius 2 is 1.41 bits per heavy atom. The second-order valence-corrected chi connectivity index (χ2v) is 8.52. The zero-order chi connectivity index (χ0) is 26.8. The number of nitrogens with one attached hydrogen (secondary N) is 2. The van der Waals surface area contributed by atoms with Crippen LogP contribution in [0.3, 0.4) is 0 Å². The molecule has 2 N–H and O–H groups in total. The van der Waals surface area contributed by atoms with Gasteiger partial charge in [0.25, 0.3) is 0 Å². The highest BCUT2D eigenvalue weighted by atomic mass is 19.4. The predicted octanol–water partition coefficient (Wildman–Crippen LogP) is 5.58. The number of likely N-dealkylation sites (N-methyl/N-ethyl adjacent to an activating group) is 1. The smallest absolute Gasteiger partial charge is 0.353 e. The van der Waals surface area contributed by atoms with Crippen molar-refractivity contribution in [1.29, 1.82) is 0 Å². The third-order valence-corrected chi connectivity index (χ3v) is 5.74. The van der Waals surface area contributed by atoms with Crippen molar-refractivity contribution in [2.75, 3.05) is 48.8 Å². The maximum Gasteiger partial charge on any atom is 0.416 e. The first kappa shape index (κ1) is 26.2. The average molecular weight is 524 g/mol. The molecule has 1 aliphatic heterocycles. The Morgan fingerprint density at radius 3 is 1.97 bits per heavy atom. The number of amides is 2. The molecule has 37 heavy (non-hydrogen) atoms. The number of nitrogens with zero attached hydrogens (tertiary/aromatic N) is 4. The molecule has 0 aliphatic carbocycles. The summed E-state index contributed by atoms with van der Waals surface area (Å²) in [6, 6.07) is 9.88. The zero-order valence-electron chi connectivity index (χ0n) is 19.5. The van der Waals surface area contributed by atoms with Crippen LogP contribution in [0.5, 0.6) is 0 Å². The summed E-state index contributed by atoms with van der Waals surface area (Å²) in [5.41, 5.74) is -2.33. The molecule has 0 saturated carbocycles. The first-order valence-electron chi connectivity index (χ1n) is 11.1. The monoisotopic (exact) mass is 524 g/mol. The Bertz CT molecular complexity index is 1220. The summed E-state index contributed by atoms with van der Waals surface area (Å²) in [6.45, 7) is 3.49. The molecule has 0 unspecified atom stereocenters. The molecule has 2 amide bonds. The Kier molecular flexibility index (Phi) is 7.25. The molecule has 196 valence electrons. The minimum absolute atomic E-state index is 0.0113. The van der Waals surface area contributed by atoms with Crippen LogP contribution in [-0.4, -0.2) is 54.4 Å². The Hall–Kier alpha value is -3.87. The van der Waals surface area contributed by atoms with Crippen LogP contribution in [0.1, 0.15) is 11.1 Å². The lowest BCUT2D eigenvalue weighted by atomic mass is 10.1. The number of aromatic nitrogens is 2. The van der Waals surface area contributed by atoms with Crippen molar-refractivity contribution in [2.24, 2.45) is 0 Å². The van der Waals surface area contributed by atoms with Crippen LogP contribution < -0.4 is 15.5 Å². The van der Waals surface area contributed by atoms with Gasteiger partial charge in [0.05, 0.1) is 16.8 Å². The largest absolute Gasteiger partial charge is 0.416 e. The third kappa shape index (κ3) is 6.67. The van der Waals surface area contributed by atoms with Crippen LogP contribution in [0.25, 0.3) is 11.3 Å². The Balaban J connectivity index is 1.46. The number of piperazine rings is 1. The van der Waals surface area contributed by atoms with Crippen LogP contribution in [-0.2, 0) is 12.4 Å². The van der Waals surface area contributed by atoms with Gasteiger partial charge >= 0.3 is 18.4 Å². The number of rotatable bonds is 4. The van der Waals surface area contributed by atoms with Crippen molar-refractivity contribution in [1.82, 2.24) is 15.1 Å². The summed E-state index contributed by atoms with van der Waals surface area (Å²) in [5, 5.41) is 13.0. The maximum absolute atomic E-state index is 13.1. The van der Waals surface area contributed by atoms with Gasteiger partial charge in [-0.2, -0.15) is 26.3 Å². The van der Waals surface area contributed by atoms with Gasteiger partial charge in [-0.05, 0) is 49.5 Å². The van der Waals surface area contributed by atoms with Crippen molar-refractivity contribution in [3.63, 3.8) is 0 Å². The van der Waals surface area contributed by atoms with Gasteiger partial charge in [-0.25, -0.2) is 4.79 Å². The van der Waals surface area contributed by atoms with Gasteiger partial charge in [-0.1, -0.05) is 12.1 Å². The second-order valence-electron chi connectivity index (χ2n) is 8.52. The highest BCUT2D eigenvalue weighted by Gasteiger charge is 2.37. The molecule has 1 aromatic heterocycles. The number of anilines is 3. The number of carbonyl (C=O) groups excluding carboxylic acids is 1. The van der Waals surface area contributed by atoms with Gasteiger partial charge in [0.1, 0.15) is 0 Å². The summed E-state index contributed by atoms with van der Waals surface area (Å²) in [7, 11) is 2.05. The van der Waals surface area contributed by atoms with Crippen molar-refractivity contribution >= 4 is 23.2 Å². The van der Waals surface area contributed by atoms with E-state index in [0.717, 1.165) is 32.0 Å². The number of hydrogen-bond acceptors (Lipinski definition) is 5. The van der Waals surface area contributed by atoms with Crippen molar-refractivity contribution < 1.29 is 31.1 Å². The number of urea groups is 1. The molecule has 4 rings (SSSR count). The number of carbonyl (C=O) groups is 1. The van der Waals surface area contributed by atoms with E-state index in [1.807, 2.05) is 18.4 Å². The quantitative estimate of drug-likeness (QED) is 0.437. The van der Waals surface area contributed by atoms with Gasteiger partial charge in [-0.3, -0.25) is 0 Å². The standard InChI is InChI=1S/C24H22F6N6O/c1-35-7-9-36(10-8-35)21-6-5-20(33-34-21)15-3-2-4-18(11-15)31-22(37)32-19-13-16(23(25,26)27)12-17(14-19)24(28,29)30/h2-6,11-14H,7-10H2,1H3,(H2,31,32,37). The molecule has 0 radical (unpaired) electrons. The van der Waals surface area contributed by atoms with Crippen LogP contribution in [0.4, 0.5) is 48.3 Å². The molecule has 2 aromatic carbocycles. The first-order valence-corrected chi connectivity index (χ1v) is 11.1. The lowest BCUT2D eigenvalue weighted by Gasteiger charge is -2.32. The number of halogens is 6. The number of benzene rings is 2. The summed E-state index contributed by atoms with van der Waals surface area (Å²) >= 11 is 0. The fraction of sp³-hybridized carbons (Fsp3) is 0.292. The summed E-state index contributed by atoms with van der Waals surface area (Å²) in [6.07, 6.45) is -10.0. The third-order valence-electron chi connectivity index (χ3n) is 5.74. The topological polar surface area (TPSA) is 73.4 Å². The van der Waals surface area contributed by atoms with Gasteiger partial charge in [0.2, 0.25) is 0 Å². The molecular weight excluding hydrogens is 502 g/mol. The molecule has 1 aliphatic rings. The van der Waals surface area contributed by atoms with Crippen LogP contribution in [0.15, 0.2) is 54.6 Å². The van der Waals surface area contributed by atoms with Gasteiger partial charge in [0.15, 0.2) is 5.82 Å². The zero-order valence-corrected chi connectivity index (χ0v) is 19.5. The van der Waals surface area contributed by atoms with E-state index in [4.69, 9.17) is 0 Å². The lowest BCUT2D eigenvalue weighted by Crippen LogP contribution is -2.44. The van der Waals surface area contributed by atoms with E-state index in [1.54, 1.807) is 24.3 Å². The molecular formula is C24H22F6N6O. The molecule has 0 spiro atoms. The van der Waals surface area contributed by atoms with E-state index < -0.39 is 35.2 Å². The average Bonchev–Trinajstić information content (AvgIpc) is 2.83. The molecule has 0 atom stereocenters. The fourth-order valence-corrected chi connectivity index (χ4v) is 3.76. The van der Waals surface area contributed by atoms with Crippen molar-refractivity contribution in [2.45, 2.75) is 12.4 Å². The van der Waals surface area contributed by atoms with Crippen molar-refractivity contribution in [3.8, 4) is 11.3 Å². The number of alkyl halides is 6. The number of hydrogen-bond donors (Lipinski definition) is 2. The first-order chi connectivity index (χ1) is 17.4. The summed E-state index contributed by atoms with van der Waals surface area (Å²) < 4.78 is 78.4. The maximum atomic E-state index is 13.1. The normalized spacial score (nSPS) is 14.9. The van der Waals surface area contributed by atoms with E-state index in [2.05, 4.69) is 25.3 Å². The molecule has 3 aromatic rings. The predicted molar refractivity (Wildman–Crippen MR) is 126 cm³/mol. The Morgan fingerprint density at radius 1 is 0.784 bits per heavy atom. The van der Waals surface area contributed by atoms with Gasteiger partial charge in [0, 0.05) is 43.1 Å².